The van der Waals surface area contributed by atoms with Crippen molar-refractivity contribution in [3.8, 4) is 5.75 Å². The number of benzene rings is 2. The van der Waals surface area contributed by atoms with Gasteiger partial charge in [-0.15, -0.1) is 5.10 Å². The molecule has 0 aliphatic carbocycles. The van der Waals surface area contributed by atoms with Gasteiger partial charge < -0.3 is 10.1 Å². The maximum absolute atomic E-state index is 12.0. The number of thioether (sulfide) groups is 1. The predicted molar refractivity (Wildman–Crippen MR) is 106 cm³/mol. The van der Waals surface area contributed by atoms with Gasteiger partial charge in [0.1, 0.15) is 11.6 Å². The van der Waals surface area contributed by atoms with Crippen LogP contribution in [-0.2, 0) is 11.2 Å². The van der Waals surface area contributed by atoms with Gasteiger partial charge in [-0.2, -0.15) is 0 Å². The fraction of sp³-hybridized carbons (Fsp3) is 0.167. The van der Waals surface area contributed by atoms with Crippen LogP contribution in [0.2, 0.25) is 0 Å². The highest BCUT2D eigenvalue weighted by molar-refractivity contribution is 9.10. The van der Waals surface area contributed by atoms with Crippen LogP contribution in [0.1, 0.15) is 11.4 Å². The van der Waals surface area contributed by atoms with Crippen LogP contribution < -0.4 is 10.1 Å². The molecular weight excluding hydrogens is 416 g/mol. The molecule has 0 saturated heterocycles. The first-order valence-corrected chi connectivity index (χ1v) is 9.62. The molecule has 0 radical (unpaired) electrons. The third-order valence-electron chi connectivity index (χ3n) is 3.48. The Morgan fingerprint density at radius 1 is 1.27 bits per heavy atom. The summed E-state index contributed by atoms with van der Waals surface area (Å²) in [5.41, 5.74) is 1.85. The Morgan fingerprint density at radius 3 is 2.81 bits per heavy atom. The Bertz CT molecular complexity index is 883. The predicted octanol–water partition coefficient (Wildman–Crippen LogP) is 3.90. The summed E-state index contributed by atoms with van der Waals surface area (Å²) in [6, 6.07) is 15.3. The maximum atomic E-state index is 12.0. The zero-order valence-electron chi connectivity index (χ0n) is 14.0. The number of carbonyl (C=O) groups excluding carboxylic acids is 1. The molecule has 6 nitrogen and oxygen atoms in total. The molecule has 2 N–H and O–H groups in total. The van der Waals surface area contributed by atoms with Crippen LogP contribution in [0.15, 0.2) is 58.2 Å². The number of rotatable bonds is 7. The normalized spacial score (nSPS) is 10.5. The van der Waals surface area contributed by atoms with Crippen molar-refractivity contribution >= 4 is 39.3 Å². The molecule has 0 saturated carbocycles. The summed E-state index contributed by atoms with van der Waals surface area (Å²) in [5.74, 6) is 1.71. The number of nitrogens with zero attached hydrogens (tertiary/aromatic N) is 2. The Kier molecular flexibility index (Phi) is 6.30. The molecule has 134 valence electrons. The number of aromatic nitrogens is 3. The quantitative estimate of drug-likeness (QED) is 0.553. The van der Waals surface area contributed by atoms with Gasteiger partial charge in [0.05, 0.1) is 12.9 Å². The molecule has 0 fully saturated rings. The largest absolute Gasteiger partial charge is 0.497 e. The van der Waals surface area contributed by atoms with Crippen molar-refractivity contribution in [3.63, 3.8) is 0 Å². The molecule has 2 aromatic carbocycles. The number of carbonyl (C=O) groups is 1. The van der Waals surface area contributed by atoms with Crippen LogP contribution in [0.5, 0.6) is 5.75 Å². The number of hydrogen-bond donors (Lipinski definition) is 2. The van der Waals surface area contributed by atoms with E-state index in [0.29, 0.717) is 11.6 Å². The van der Waals surface area contributed by atoms with Gasteiger partial charge in [0, 0.05) is 16.6 Å². The summed E-state index contributed by atoms with van der Waals surface area (Å²) in [5, 5.41) is 10.5. The molecule has 3 aromatic rings. The summed E-state index contributed by atoms with van der Waals surface area (Å²) in [6.45, 7) is 0. The number of ether oxygens (including phenoxy) is 1. The van der Waals surface area contributed by atoms with Crippen LogP contribution in [0.3, 0.4) is 0 Å². The second-order valence-electron chi connectivity index (χ2n) is 5.44. The van der Waals surface area contributed by atoms with E-state index in [-0.39, 0.29) is 11.7 Å². The number of aromatic amines is 1. The van der Waals surface area contributed by atoms with Gasteiger partial charge in [-0.3, -0.25) is 9.89 Å². The van der Waals surface area contributed by atoms with E-state index in [0.717, 1.165) is 27.3 Å². The first-order valence-electron chi connectivity index (χ1n) is 7.85. The monoisotopic (exact) mass is 432 g/mol. The molecular formula is C18H17BrN4O2S. The van der Waals surface area contributed by atoms with Crippen molar-refractivity contribution < 1.29 is 9.53 Å². The number of nitrogens with one attached hydrogen (secondary N) is 2. The van der Waals surface area contributed by atoms with Crippen LogP contribution in [0.4, 0.5) is 5.69 Å². The lowest BCUT2D eigenvalue weighted by Crippen LogP contribution is -2.14. The summed E-state index contributed by atoms with van der Waals surface area (Å²) >= 11 is 4.67. The number of anilines is 1. The second kappa shape index (κ2) is 8.86. The molecule has 0 spiro atoms. The van der Waals surface area contributed by atoms with E-state index < -0.39 is 0 Å². The molecule has 3 rings (SSSR count). The van der Waals surface area contributed by atoms with E-state index in [9.17, 15) is 4.79 Å². The van der Waals surface area contributed by atoms with E-state index in [4.69, 9.17) is 4.74 Å². The molecule has 0 aliphatic rings. The SMILES string of the molecule is COc1ccc(Cc2nc(SCC(=O)Nc3cccc(Br)c3)n[nH]2)cc1. The fourth-order valence-corrected chi connectivity index (χ4v) is 3.27. The van der Waals surface area contributed by atoms with Gasteiger partial charge in [-0.1, -0.05) is 45.9 Å². The highest BCUT2D eigenvalue weighted by Crippen LogP contribution is 2.18. The number of hydrogen-bond acceptors (Lipinski definition) is 5. The van der Waals surface area contributed by atoms with Crippen molar-refractivity contribution in [2.24, 2.45) is 0 Å². The van der Waals surface area contributed by atoms with Gasteiger partial charge in [-0.25, -0.2) is 4.98 Å². The lowest BCUT2D eigenvalue weighted by molar-refractivity contribution is -0.113. The minimum Gasteiger partial charge on any atom is -0.497 e. The lowest BCUT2D eigenvalue weighted by Gasteiger charge is -2.04. The van der Waals surface area contributed by atoms with Crippen molar-refractivity contribution in [1.29, 1.82) is 0 Å². The first-order chi connectivity index (χ1) is 12.6. The van der Waals surface area contributed by atoms with Crippen LogP contribution >= 0.6 is 27.7 Å². The highest BCUT2D eigenvalue weighted by Gasteiger charge is 2.09. The molecule has 1 amide bonds. The lowest BCUT2D eigenvalue weighted by atomic mass is 10.1. The van der Waals surface area contributed by atoms with E-state index in [2.05, 4.69) is 36.4 Å². The van der Waals surface area contributed by atoms with Crippen LogP contribution in [0, 0.1) is 0 Å². The van der Waals surface area contributed by atoms with Gasteiger partial charge in [0.15, 0.2) is 0 Å². The Morgan fingerprint density at radius 2 is 2.08 bits per heavy atom. The highest BCUT2D eigenvalue weighted by atomic mass is 79.9. The van der Waals surface area contributed by atoms with E-state index in [1.54, 1.807) is 7.11 Å². The Hall–Kier alpha value is -2.32. The van der Waals surface area contributed by atoms with Crippen LogP contribution in [-0.4, -0.2) is 34.0 Å². The van der Waals surface area contributed by atoms with E-state index in [1.165, 1.54) is 11.8 Å². The second-order valence-corrected chi connectivity index (χ2v) is 7.29. The minimum absolute atomic E-state index is 0.102. The summed E-state index contributed by atoms with van der Waals surface area (Å²) in [7, 11) is 1.64. The summed E-state index contributed by atoms with van der Waals surface area (Å²) in [4.78, 5) is 16.4. The maximum Gasteiger partial charge on any atom is 0.234 e. The topological polar surface area (TPSA) is 79.9 Å². The molecule has 1 aromatic heterocycles. The first kappa shape index (κ1) is 18.5. The number of amides is 1. The Labute approximate surface area is 163 Å². The smallest absolute Gasteiger partial charge is 0.234 e. The average molecular weight is 433 g/mol. The third-order valence-corrected chi connectivity index (χ3v) is 4.82. The third kappa shape index (κ3) is 5.34. The Balaban J connectivity index is 1.50. The molecule has 0 unspecified atom stereocenters. The summed E-state index contributed by atoms with van der Waals surface area (Å²) in [6.07, 6.45) is 0.641. The molecule has 0 bridgehead atoms. The van der Waals surface area contributed by atoms with Gasteiger partial charge >= 0.3 is 0 Å². The fourth-order valence-electron chi connectivity index (χ4n) is 2.25. The molecule has 0 aliphatic heterocycles. The minimum atomic E-state index is -0.102. The molecule has 1 heterocycles. The van der Waals surface area contributed by atoms with Crippen molar-refractivity contribution in [2.75, 3.05) is 18.2 Å². The number of halogens is 1. The van der Waals surface area contributed by atoms with Gasteiger partial charge in [-0.05, 0) is 35.9 Å². The molecule has 26 heavy (non-hydrogen) atoms. The molecule has 8 heteroatoms. The zero-order chi connectivity index (χ0) is 18.4. The van der Waals surface area contributed by atoms with Crippen molar-refractivity contribution in [2.45, 2.75) is 11.6 Å². The standard InChI is InChI=1S/C18H17BrN4O2S/c1-25-15-7-5-12(6-8-15)9-16-21-18(23-22-16)26-11-17(24)20-14-4-2-3-13(19)10-14/h2-8,10H,9,11H2,1H3,(H,20,24)(H,21,22,23). The number of methoxy groups -OCH3 is 1. The molecule has 0 atom stereocenters. The average Bonchev–Trinajstić information content (AvgIpc) is 3.08. The van der Waals surface area contributed by atoms with Crippen LogP contribution in [0.25, 0.3) is 0 Å². The number of H-pyrrole nitrogens is 1. The van der Waals surface area contributed by atoms with Crippen molar-refractivity contribution in [3.05, 3.63) is 64.4 Å². The van der Waals surface area contributed by atoms with Gasteiger partial charge in [0.2, 0.25) is 11.1 Å². The zero-order valence-corrected chi connectivity index (χ0v) is 16.4. The van der Waals surface area contributed by atoms with Crippen molar-refractivity contribution in [1.82, 2.24) is 15.2 Å². The van der Waals surface area contributed by atoms with E-state index >= 15 is 0 Å². The van der Waals surface area contributed by atoms with E-state index in [1.807, 2.05) is 48.5 Å². The van der Waals surface area contributed by atoms with Gasteiger partial charge in [0.25, 0.3) is 0 Å². The summed E-state index contributed by atoms with van der Waals surface area (Å²) < 4.78 is 6.06.